The van der Waals surface area contributed by atoms with Crippen LogP contribution in [0.2, 0.25) is 5.02 Å². The molecule has 1 amide bonds. The van der Waals surface area contributed by atoms with E-state index >= 15 is 0 Å². The first-order valence-electron chi connectivity index (χ1n) is 6.27. The maximum atomic E-state index is 13.3. The van der Waals surface area contributed by atoms with Gasteiger partial charge in [0, 0.05) is 12.4 Å². The van der Waals surface area contributed by atoms with Crippen LogP contribution in [0.25, 0.3) is 10.9 Å². The van der Waals surface area contributed by atoms with Crippen molar-refractivity contribution in [1.82, 2.24) is 9.55 Å². The van der Waals surface area contributed by atoms with Gasteiger partial charge in [0.2, 0.25) is 5.91 Å². The summed E-state index contributed by atoms with van der Waals surface area (Å²) in [5, 5.41) is 4.05. The zero-order chi connectivity index (χ0) is 14.8. The summed E-state index contributed by atoms with van der Waals surface area (Å²) in [5.74, 6) is -0.152. The summed E-state index contributed by atoms with van der Waals surface area (Å²) in [6.45, 7) is 0.0806. The molecule has 0 aliphatic rings. The normalized spacial score (nSPS) is 10.8. The lowest BCUT2D eigenvalue weighted by molar-refractivity contribution is -0.116. The number of carbonyl (C=O) groups excluding carboxylic acids is 1. The van der Waals surface area contributed by atoms with Crippen LogP contribution >= 0.6 is 11.6 Å². The minimum absolute atomic E-state index is 0.0806. The molecule has 1 N–H and O–H groups in total. The molecule has 21 heavy (non-hydrogen) atoms. The Morgan fingerprint density at radius 3 is 2.90 bits per heavy atom. The molecule has 106 valence electrons. The van der Waals surface area contributed by atoms with Crippen molar-refractivity contribution >= 4 is 34.2 Å². The van der Waals surface area contributed by atoms with Crippen molar-refractivity contribution in [3.63, 3.8) is 0 Å². The molecule has 0 saturated carbocycles. The predicted molar refractivity (Wildman–Crippen MR) is 79.8 cm³/mol. The highest BCUT2D eigenvalue weighted by Gasteiger charge is 2.08. The lowest BCUT2D eigenvalue weighted by Gasteiger charge is -2.07. The molecular formula is C15H11ClFN3O. The number of carbonyl (C=O) groups is 1. The number of nitrogens with zero attached hydrogens (tertiary/aromatic N) is 2. The molecule has 0 atom stereocenters. The summed E-state index contributed by atoms with van der Waals surface area (Å²) in [4.78, 5) is 16.0. The highest BCUT2D eigenvalue weighted by Crippen LogP contribution is 2.17. The van der Waals surface area contributed by atoms with Crippen LogP contribution in [-0.4, -0.2) is 15.5 Å². The summed E-state index contributed by atoms with van der Waals surface area (Å²) in [7, 11) is 0. The quantitative estimate of drug-likeness (QED) is 0.805. The monoisotopic (exact) mass is 303 g/mol. The van der Waals surface area contributed by atoms with Crippen LogP contribution in [-0.2, 0) is 11.3 Å². The number of benzene rings is 1. The Morgan fingerprint density at radius 2 is 2.14 bits per heavy atom. The summed E-state index contributed by atoms with van der Waals surface area (Å²) in [6, 6.07) is 9.58. The zero-order valence-electron chi connectivity index (χ0n) is 10.9. The largest absolute Gasteiger partial charge is 0.338 e. The van der Waals surface area contributed by atoms with Gasteiger partial charge in [-0.05, 0) is 41.8 Å². The Hall–Kier alpha value is -2.40. The molecule has 0 saturated heterocycles. The van der Waals surface area contributed by atoms with Crippen LogP contribution in [0.15, 0.2) is 48.8 Å². The summed E-state index contributed by atoms with van der Waals surface area (Å²) < 4.78 is 15.0. The fourth-order valence-electron chi connectivity index (χ4n) is 2.08. The van der Waals surface area contributed by atoms with E-state index in [9.17, 15) is 9.18 Å². The lowest BCUT2D eigenvalue weighted by atomic mass is 10.2. The van der Waals surface area contributed by atoms with Crippen molar-refractivity contribution in [3.05, 3.63) is 59.6 Å². The van der Waals surface area contributed by atoms with Gasteiger partial charge in [-0.2, -0.15) is 0 Å². The van der Waals surface area contributed by atoms with E-state index in [0.29, 0.717) is 16.4 Å². The lowest BCUT2D eigenvalue weighted by Crippen LogP contribution is -2.18. The summed E-state index contributed by atoms with van der Waals surface area (Å²) in [5.41, 5.74) is 0.675. The van der Waals surface area contributed by atoms with E-state index < -0.39 is 0 Å². The number of fused-ring (bicyclic) bond motifs is 1. The van der Waals surface area contributed by atoms with E-state index in [1.807, 2.05) is 6.07 Å². The topological polar surface area (TPSA) is 46.9 Å². The third-order valence-corrected chi connectivity index (χ3v) is 3.27. The van der Waals surface area contributed by atoms with Gasteiger partial charge in [0.05, 0.1) is 10.5 Å². The van der Waals surface area contributed by atoms with Crippen molar-refractivity contribution in [2.24, 2.45) is 0 Å². The smallest absolute Gasteiger partial charge is 0.245 e. The van der Waals surface area contributed by atoms with Gasteiger partial charge in [0.25, 0.3) is 0 Å². The number of rotatable bonds is 3. The number of halogens is 2. The standard InChI is InChI=1S/C15H11ClFN3O/c16-11-2-4-14(18-8-11)19-15(21)9-20-6-5-10-1-3-12(17)7-13(10)20/h1-8H,9H2,(H,18,19,21). The average Bonchev–Trinajstić information content (AvgIpc) is 2.84. The van der Waals surface area contributed by atoms with Crippen LogP contribution in [0, 0.1) is 5.82 Å². The molecule has 0 unspecified atom stereocenters. The SMILES string of the molecule is O=C(Cn1ccc2ccc(F)cc21)Nc1ccc(Cl)cn1. The molecule has 0 fully saturated rings. The summed E-state index contributed by atoms with van der Waals surface area (Å²) in [6.07, 6.45) is 3.20. The second-order valence-corrected chi connectivity index (χ2v) is 4.99. The highest BCUT2D eigenvalue weighted by atomic mass is 35.5. The fourth-order valence-corrected chi connectivity index (χ4v) is 2.19. The van der Waals surface area contributed by atoms with Crippen LogP contribution < -0.4 is 5.32 Å². The molecule has 4 nitrogen and oxygen atoms in total. The van der Waals surface area contributed by atoms with Crippen molar-refractivity contribution in [2.75, 3.05) is 5.32 Å². The highest BCUT2D eigenvalue weighted by molar-refractivity contribution is 6.30. The number of amides is 1. The van der Waals surface area contributed by atoms with E-state index in [1.165, 1.54) is 18.3 Å². The number of anilines is 1. The second-order valence-electron chi connectivity index (χ2n) is 4.56. The van der Waals surface area contributed by atoms with Gasteiger partial charge in [0.15, 0.2) is 0 Å². The first-order chi connectivity index (χ1) is 10.1. The van der Waals surface area contributed by atoms with Crippen molar-refractivity contribution in [3.8, 4) is 0 Å². The molecule has 1 aromatic carbocycles. The van der Waals surface area contributed by atoms with Crippen LogP contribution in [0.4, 0.5) is 10.2 Å². The van der Waals surface area contributed by atoms with E-state index in [-0.39, 0.29) is 18.3 Å². The Kier molecular flexibility index (Phi) is 3.58. The van der Waals surface area contributed by atoms with Gasteiger partial charge in [-0.3, -0.25) is 4.79 Å². The van der Waals surface area contributed by atoms with Gasteiger partial charge >= 0.3 is 0 Å². The predicted octanol–water partition coefficient (Wildman–Crippen LogP) is 3.47. The van der Waals surface area contributed by atoms with Crippen LogP contribution in [0.5, 0.6) is 0 Å². The molecular weight excluding hydrogens is 293 g/mol. The van der Waals surface area contributed by atoms with Crippen LogP contribution in [0.3, 0.4) is 0 Å². The fraction of sp³-hybridized carbons (Fsp3) is 0.0667. The Balaban J connectivity index is 1.77. The van der Waals surface area contributed by atoms with Gasteiger partial charge < -0.3 is 9.88 Å². The Morgan fingerprint density at radius 1 is 1.29 bits per heavy atom. The van der Waals surface area contributed by atoms with E-state index in [4.69, 9.17) is 11.6 Å². The van der Waals surface area contributed by atoms with Gasteiger partial charge in [0.1, 0.15) is 18.2 Å². The minimum Gasteiger partial charge on any atom is -0.338 e. The molecule has 0 aliphatic heterocycles. The van der Waals surface area contributed by atoms with Crippen LogP contribution in [0.1, 0.15) is 0 Å². The van der Waals surface area contributed by atoms with Gasteiger partial charge in [-0.25, -0.2) is 9.37 Å². The molecule has 0 bridgehead atoms. The number of hydrogen-bond donors (Lipinski definition) is 1. The third-order valence-electron chi connectivity index (χ3n) is 3.04. The zero-order valence-corrected chi connectivity index (χ0v) is 11.6. The molecule has 6 heteroatoms. The van der Waals surface area contributed by atoms with Gasteiger partial charge in [-0.1, -0.05) is 11.6 Å². The maximum Gasteiger partial charge on any atom is 0.245 e. The summed E-state index contributed by atoms with van der Waals surface area (Å²) >= 11 is 5.73. The number of nitrogens with one attached hydrogen (secondary N) is 1. The minimum atomic E-state index is -0.331. The molecule has 2 aromatic heterocycles. The first-order valence-corrected chi connectivity index (χ1v) is 6.65. The molecule has 0 aliphatic carbocycles. The molecule has 3 aromatic rings. The Bertz CT molecular complexity index is 798. The van der Waals surface area contributed by atoms with Gasteiger partial charge in [-0.15, -0.1) is 0 Å². The number of pyridine rings is 1. The number of hydrogen-bond acceptors (Lipinski definition) is 2. The molecule has 2 heterocycles. The van der Waals surface area contributed by atoms with E-state index in [0.717, 1.165) is 5.39 Å². The average molecular weight is 304 g/mol. The van der Waals surface area contributed by atoms with E-state index in [1.54, 1.807) is 29.0 Å². The number of aromatic nitrogens is 2. The van der Waals surface area contributed by atoms with Crippen molar-refractivity contribution in [2.45, 2.75) is 6.54 Å². The first kappa shape index (κ1) is 13.6. The molecule has 0 radical (unpaired) electrons. The molecule has 0 spiro atoms. The van der Waals surface area contributed by atoms with Crippen molar-refractivity contribution in [1.29, 1.82) is 0 Å². The Labute approximate surface area is 125 Å². The maximum absolute atomic E-state index is 13.3. The van der Waals surface area contributed by atoms with E-state index in [2.05, 4.69) is 10.3 Å². The molecule has 3 rings (SSSR count). The second kappa shape index (κ2) is 5.54. The third kappa shape index (κ3) is 3.03. The van der Waals surface area contributed by atoms with Crippen molar-refractivity contribution < 1.29 is 9.18 Å².